The van der Waals surface area contributed by atoms with Crippen LogP contribution in [0, 0.1) is 6.92 Å². The number of rotatable bonds is 8. The molecule has 0 heterocycles. The summed E-state index contributed by atoms with van der Waals surface area (Å²) in [5, 5.41) is 5.68. The molecule has 9 heteroatoms. The van der Waals surface area contributed by atoms with Crippen LogP contribution >= 0.6 is 12.4 Å². The van der Waals surface area contributed by atoms with Gasteiger partial charge in [0.05, 0.1) is 17.7 Å². The molecule has 0 radical (unpaired) electrons. The molecule has 0 atom stereocenters. The number of para-hydroxylation sites is 2. The summed E-state index contributed by atoms with van der Waals surface area (Å²) in [6.45, 7) is 2.83. The second-order valence-electron chi connectivity index (χ2n) is 5.64. The maximum Gasteiger partial charge on any atom is 0.262 e. The summed E-state index contributed by atoms with van der Waals surface area (Å²) < 4.78 is 33.1. The third-order valence-electron chi connectivity index (χ3n) is 3.78. The Morgan fingerprint density at radius 1 is 1.11 bits per heavy atom. The second kappa shape index (κ2) is 10.1. The maximum atomic E-state index is 12.7. The lowest BCUT2D eigenvalue weighted by atomic mass is 10.1. The molecule has 2 aromatic rings. The van der Waals surface area contributed by atoms with E-state index >= 15 is 0 Å². The van der Waals surface area contributed by atoms with Gasteiger partial charge in [-0.3, -0.25) is 9.52 Å². The summed E-state index contributed by atoms with van der Waals surface area (Å²) in [6, 6.07) is 11.2. The number of likely N-dealkylation sites (N-methyl/N-ethyl adjacent to an activating group) is 1. The number of hydrogen-bond acceptors (Lipinski definition) is 5. The van der Waals surface area contributed by atoms with E-state index in [0.717, 1.165) is 0 Å². The molecule has 7 nitrogen and oxygen atoms in total. The van der Waals surface area contributed by atoms with Crippen molar-refractivity contribution in [3.8, 4) is 5.75 Å². The van der Waals surface area contributed by atoms with Gasteiger partial charge in [0.25, 0.3) is 15.9 Å². The van der Waals surface area contributed by atoms with E-state index in [1.54, 1.807) is 44.3 Å². The Morgan fingerprint density at radius 2 is 1.81 bits per heavy atom. The van der Waals surface area contributed by atoms with Crippen molar-refractivity contribution in [2.75, 3.05) is 32.0 Å². The van der Waals surface area contributed by atoms with Gasteiger partial charge >= 0.3 is 0 Å². The van der Waals surface area contributed by atoms with Gasteiger partial charge in [-0.2, -0.15) is 0 Å². The molecule has 0 aliphatic heterocycles. The Bertz CT molecular complexity index is 888. The van der Waals surface area contributed by atoms with Gasteiger partial charge in [-0.25, -0.2) is 8.42 Å². The summed E-state index contributed by atoms with van der Waals surface area (Å²) in [7, 11) is -0.615. The first-order chi connectivity index (χ1) is 12.4. The number of hydrogen-bond donors (Lipinski definition) is 3. The molecule has 148 valence electrons. The first-order valence-corrected chi connectivity index (χ1v) is 9.56. The highest BCUT2D eigenvalue weighted by Crippen LogP contribution is 2.26. The molecule has 27 heavy (non-hydrogen) atoms. The zero-order valence-corrected chi connectivity index (χ0v) is 17.0. The summed E-state index contributed by atoms with van der Waals surface area (Å²) in [4.78, 5) is 12.3. The van der Waals surface area contributed by atoms with Crippen molar-refractivity contribution in [3.05, 3.63) is 53.6 Å². The summed E-state index contributed by atoms with van der Waals surface area (Å²) in [5.41, 5.74) is 1.35. The smallest absolute Gasteiger partial charge is 0.262 e. The first kappa shape index (κ1) is 22.8. The number of carbonyl (C=O) groups excluding carboxylic acids is 1. The number of aryl methyl sites for hydroxylation is 1. The molecular formula is C18H24ClN3O4S. The highest BCUT2D eigenvalue weighted by Gasteiger charge is 2.19. The fraction of sp³-hybridized carbons (Fsp3) is 0.278. The van der Waals surface area contributed by atoms with Crippen LogP contribution in [0.1, 0.15) is 15.9 Å². The lowest BCUT2D eigenvalue weighted by molar-refractivity contribution is 0.0953. The Morgan fingerprint density at radius 3 is 2.48 bits per heavy atom. The van der Waals surface area contributed by atoms with Gasteiger partial charge in [0.15, 0.2) is 0 Å². The monoisotopic (exact) mass is 413 g/mol. The van der Waals surface area contributed by atoms with E-state index in [0.29, 0.717) is 35.7 Å². The molecule has 0 aliphatic carbocycles. The van der Waals surface area contributed by atoms with E-state index in [1.807, 2.05) is 0 Å². The fourth-order valence-corrected chi connectivity index (χ4v) is 3.44. The molecule has 0 aliphatic rings. The molecule has 3 N–H and O–H groups in total. The Kier molecular flexibility index (Phi) is 8.55. The zero-order chi connectivity index (χ0) is 19.2. The van der Waals surface area contributed by atoms with Crippen molar-refractivity contribution in [1.82, 2.24) is 10.6 Å². The van der Waals surface area contributed by atoms with Gasteiger partial charge in [-0.05, 0) is 43.8 Å². The van der Waals surface area contributed by atoms with E-state index in [1.165, 1.54) is 19.2 Å². The Labute approximate surface area is 166 Å². The van der Waals surface area contributed by atoms with Gasteiger partial charge in [0, 0.05) is 18.7 Å². The van der Waals surface area contributed by atoms with Crippen LogP contribution in [0.3, 0.4) is 0 Å². The summed E-state index contributed by atoms with van der Waals surface area (Å²) in [6.07, 6.45) is 0. The quantitative estimate of drug-likeness (QED) is 0.576. The molecule has 0 aromatic heterocycles. The second-order valence-corrected chi connectivity index (χ2v) is 7.32. The summed E-state index contributed by atoms with van der Waals surface area (Å²) >= 11 is 0. The van der Waals surface area contributed by atoms with Crippen LogP contribution in [0.15, 0.2) is 47.4 Å². The minimum Gasteiger partial charge on any atom is -0.495 e. The molecule has 0 unspecified atom stereocenters. The number of amides is 1. The third-order valence-corrected chi connectivity index (χ3v) is 5.14. The van der Waals surface area contributed by atoms with E-state index < -0.39 is 10.0 Å². The SMILES string of the molecule is CNCCNC(=O)c1cc(S(=O)(=O)Nc2ccccc2OC)ccc1C.Cl. The molecule has 0 saturated heterocycles. The predicted molar refractivity (Wildman–Crippen MR) is 108 cm³/mol. The molecule has 0 fully saturated rings. The number of methoxy groups -OCH3 is 1. The topological polar surface area (TPSA) is 96.5 Å². The number of nitrogens with one attached hydrogen (secondary N) is 3. The third kappa shape index (κ3) is 5.85. The molecule has 2 rings (SSSR count). The van der Waals surface area contributed by atoms with Crippen LogP contribution < -0.4 is 20.1 Å². The molecule has 0 saturated carbocycles. The number of benzene rings is 2. The fourth-order valence-electron chi connectivity index (χ4n) is 2.34. The summed E-state index contributed by atoms with van der Waals surface area (Å²) in [5.74, 6) is 0.0975. The van der Waals surface area contributed by atoms with Crippen LogP contribution in [0.25, 0.3) is 0 Å². The van der Waals surface area contributed by atoms with Gasteiger partial charge < -0.3 is 15.4 Å². The number of ether oxygens (including phenoxy) is 1. The molecular weight excluding hydrogens is 390 g/mol. The molecule has 2 aromatic carbocycles. The lowest BCUT2D eigenvalue weighted by Gasteiger charge is -2.13. The van der Waals surface area contributed by atoms with Crippen molar-refractivity contribution < 1.29 is 17.9 Å². The minimum atomic E-state index is -3.87. The van der Waals surface area contributed by atoms with Crippen LogP contribution in [-0.2, 0) is 10.0 Å². The van der Waals surface area contributed by atoms with E-state index in [4.69, 9.17) is 4.74 Å². The number of halogens is 1. The van der Waals surface area contributed by atoms with Gasteiger partial charge in [-0.1, -0.05) is 18.2 Å². The highest BCUT2D eigenvalue weighted by atomic mass is 35.5. The van der Waals surface area contributed by atoms with Crippen LogP contribution in [0.2, 0.25) is 0 Å². The van der Waals surface area contributed by atoms with Gasteiger partial charge in [0.2, 0.25) is 0 Å². The maximum absolute atomic E-state index is 12.7. The van der Waals surface area contributed by atoms with Crippen LogP contribution in [0.5, 0.6) is 5.75 Å². The normalized spacial score (nSPS) is 10.6. The molecule has 0 bridgehead atoms. The van der Waals surface area contributed by atoms with Gasteiger partial charge in [0.1, 0.15) is 5.75 Å². The zero-order valence-electron chi connectivity index (χ0n) is 15.4. The van der Waals surface area contributed by atoms with Gasteiger partial charge in [-0.15, -0.1) is 12.4 Å². The van der Waals surface area contributed by atoms with Crippen molar-refractivity contribution in [2.24, 2.45) is 0 Å². The van der Waals surface area contributed by atoms with Crippen LogP contribution in [0.4, 0.5) is 5.69 Å². The lowest BCUT2D eigenvalue weighted by Crippen LogP contribution is -2.31. The van der Waals surface area contributed by atoms with Crippen molar-refractivity contribution in [2.45, 2.75) is 11.8 Å². The van der Waals surface area contributed by atoms with E-state index in [9.17, 15) is 13.2 Å². The predicted octanol–water partition coefficient (Wildman–Crippen LogP) is 2.18. The van der Waals surface area contributed by atoms with Crippen molar-refractivity contribution >= 4 is 34.0 Å². The number of anilines is 1. The Balaban J connectivity index is 0.00000364. The van der Waals surface area contributed by atoms with Crippen molar-refractivity contribution in [1.29, 1.82) is 0 Å². The molecule has 1 amide bonds. The first-order valence-electron chi connectivity index (χ1n) is 8.08. The largest absolute Gasteiger partial charge is 0.495 e. The average molecular weight is 414 g/mol. The van der Waals surface area contributed by atoms with E-state index in [-0.39, 0.29) is 23.2 Å². The number of sulfonamides is 1. The van der Waals surface area contributed by atoms with E-state index in [2.05, 4.69) is 15.4 Å². The Hall–Kier alpha value is -2.29. The van der Waals surface area contributed by atoms with Crippen LogP contribution in [-0.4, -0.2) is 41.6 Å². The standard InChI is InChI=1S/C18H23N3O4S.ClH/c1-13-8-9-14(12-15(13)18(22)20-11-10-19-2)26(23,24)21-16-6-4-5-7-17(16)25-3;/h4-9,12,19,21H,10-11H2,1-3H3,(H,20,22);1H. The molecule has 0 spiro atoms. The average Bonchev–Trinajstić information content (AvgIpc) is 2.62. The minimum absolute atomic E-state index is 0. The number of carbonyl (C=O) groups is 1. The van der Waals surface area contributed by atoms with Crippen molar-refractivity contribution in [3.63, 3.8) is 0 Å². The highest BCUT2D eigenvalue weighted by molar-refractivity contribution is 7.92.